The fourth-order valence-electron chi connectivity index (χ4n) is 6.09. The van der Waals surface area contributed by atoms with E-state index in [2.05, 4.69) is 5.32 Å². The third-order valence-electron chi connectivity index (χ3n) is 8.54. The summed E-state index contributed by atoms with van der Waals surface area (Å²) in [6.45, 7) is 1.58. The molecule has 3 aromatic carbocycles. The van der Waals surface area contributed by atoms with E-state index in [0.717, 1.165) is 9.87 Å². The van der Waals surface area contributed by atoms with Gasteiger partial charge < -0.3 is 20.8 Å². The van der Waals surface area contributed by atoms with Gasteiger partial charge in [0.1, 0.15) is 6.04 Å². The maximum Gasteiger partial charge on any atom is 0.320 e. The zero-order valence-electron chi connectivity index (χ0n) is 27.6. The highest BCUT2D eigenvalue weighted by Gasteiger charge is 2.52. The Kier molecular flexibility index (Phi) is 12.4. The van der Waals surface area contributed by atoms with Crippen LogP contribution in [0.4, 0.5) is 11.4 Å². The minimum absolute atomic E-state index is 0.0306. The lowest BCUT2D eigenvalue weighted by Crippen LogP contribution is -2.60. The van der Waals surface area contributed by atoms with Gasteiger partial charge in [0, 0.05) is 42.0 Å². The number of carbonyl (C=O) groups excluding carboxylic acids is 1. The fourth-order valence-corrected chi connectivity index (χ4v) is 8.04. The number of aliphatic carboxylic acids is 2. The van der Waals surface area contributed by atoms with Crippen LogP contribution < -0.4 is 16.0 Å². The summed E-state index contributed by atoms with van der Waals surface area (Å²) in [6.07, 6.45) is 0.368. The van der Waals surface area contributed by atoms with Crippen molar-refractivity contribution in [2.24, 2.45) is 5.73 Å². The number of aryl methyl sites for hydroxylation is 1. The summed E-state index contributed by atoms with van der Waals surface area (Å²) in [4.78, 5) is 39.8. The van der Waals surface area contributed by atoms with Crippen LogP contribution >= 0.6 is 0 Å². The van der Waals surface area contributed by atoms with Crippen molar-refractivity contribution in [2.75, 3.05) is 30.3 Å². The molecule has 0 radical (unpaired) electrons. The largest absolute Gasteiger partial charge is 0.481 e. The Hall–Kier alpha value is -4.35. The van der Waals surface area contributed by atoms with Crippen LogP contribution in [0.25, 0.3) is 0 Å². The number of anilines is 2. The highest BCUT2D eigenvalue weighted by atomic mass is 32.2. The van der Waals surface area contributed by atoms with E-state index in [-0.39, 0.29) is 37.2 Å². The standard InChI is InChI=1S/C34H42N4O10S2/c1-24-16-18-25(19-17-24)50(47,48)38(22-8-15-31(39)40)33(43)34(36-20-7-6-12-28(35)32(41)42)26-10-2-4-13-29(26)37(21-9-23-49(44,45)46)30-14-5-3-11-27(30)34/h2-5,10-11,13-14,16-19,28,36H,6-9,12,15,20-23,35H2,1H3,(H,39,40)(H,41,42)(H,44,45,46)/t28-/m0/s1. The van der Waals surface area contributed by atoms with Crippen molar-refractivity contribution in [1.82, 2.24) is 9.62 Å². The Bertz CT molecular complexity index is 1870. The first kappa shape index (κ1) is 38.5. The van der Waals surface area contributed by atoms with Gasteiger partial charge in [0.05, 0.1) is 10.6 Å². The van der Waals surface area contributed by atoms with Crippen molar-refractivity contribution < 1.29 is 46.0 Å². The van der Waals surface area contributed by atoms with Crippen molar-refractivity contribution >= 4 is 49.4 Å². The van der Waals surface area contributed by atoms with Crippen molar-refractivity contribution in [3.8, 4) is 0 Å². The Balaban J connectivity index is 1.90. The van der Waals surface area contributed by atoms with Crippen LogP contribution in [0.2, 0.25) is 0 Å². The first-order chi connectivity index (χ1) is 23.6. The minimum atomic E-state index is -4.55. The predicted molar refractivity (Wildman–Crippen MR) is 186 cm³/mol. The number of nitrogens with one attached hydrogen (secondary N) is 1. The van der Waals surface area contributed by atoms with E-state index in [1.54, 1.807) is 72.5 Å². The number of fused-ring (bicyclic) bond motifs is 2. The van der Waals surface area contributed by atoms with E-state index in [4.69, 9.17) is 5.73 Å². The molecular weight excluding hydrogens is 689 g/mol. The number of carboxylic acids is 2. The molecule has 0 spiro atoms. The second-order valence-electron chi connectivity index (χ2n) is 12.1. The number of unbranched alkanes of at least 4 members (excludes halogenated alkanes) is 1. The summed E-state index contributed by atoms with van der Waals surface area (Å²) in [5.74, 6) is -3.71. The molecule has 0 aromatic heterocycles. The molecular formula is C34H42N4O10S2. The smallest absolute Gasteiger partial charge is 0.320 e. The molecule has 1 amide bonds. The normalized spacial score (nSPS) is 14.3. The van der Waals surface area contributed by atoms with Crippen molar-refractivity contribution in [1.29, 1.82) is 0 Å². The molecule has 0 bridgehead atoms. The van der Waals surface area contributed by atoms with Gasteiger partial charge in [-0.3, -0.25) is 24.3 Å². The number of benzene rings is 3. The first-order valence-corrected chi connectivity index (χ1v) is 19.2. The van der Waals surface area contributed by atoms with Crippen molar-refractivity contribution in [3.63, 3.8) is 0 Å². The van der Waals surface area contributed by atoms with E-state index in [0.29, 0.717) is 35.3 Å². The molecule has 4 rings (SSSR count). The van der Waals surface area contributed by atoms with Crippen LogP contribution in [0.15, 0.2) is 77.7 Å². The van der Waals surface area contributed by atoms with Gasteiger partial charge in [-0.05, 0) is 63.4 Å². The number of nitrogens with zero attached hydrogens (tertiary/aromatic N) is 2. The lowest BCUT2D eigenvalue weighted by atomic mass is 9.76. The van der Waals surface area contributed by atoms with Crippen molar-refractivity contribution in [3.05, 3.63) is 89.5 Å². The van der Waals surface area contributed by atoms with Crippen LogP contribution in [0.1, 0.15) is 55.2 Å². The van der Waals surface area contributed by atoms with Gasteiger partial charge in [0.15, 0.2) is 5.54 Å². The van der Waals surface area contributed by atoms with Gasteiger partial charge in [0.25, 0.3) is 26.0 Å². The maximum atomic E-state index is 15.3. The van der Waals surface area contributed by atoms with Crippen molar-refractivity contribution in [2.45, 2.75) is 61.9 Å². The zero-order valence-corrected chi connectivity index (χ0v) is 29.2. The Morgan fingerprint density at radius 2 is 1.44 bits per heavy atom. The van der Waals surface area contributed by atoms with E-state index in [1.165, 1.54) is 12.1 Å². The summed E-state index contributed by atoms with van der Waals surface area (Å²) in [5.41, 5.74) is 6.31. The summed E-state index contributed by atoms with van der Waals surface area (Å²) in [6, 6.07) is 18.5. The Morgan fingerprint density at radius 3 is 1.98 bits per heavy atom. The lowest BCUT2D eigenvalue weighted by molar-refractivity contribution is -0.139. The molecule has 1 heterocycles. The van der Waals surface area contributed by atoms with Crippen LogP contribution in [0, 0.1) is 6.92 Å². The zero-order chi connectivity index (χ0) is 36.7. The summed E-state index contributed by atoms with van der Waals surface area (Å²) in [7, 11) is -8.82. The second-order valence-corrected chi connectivity index (χ2v) is 15.6. The molecule has 0 fully saturated rings. The van der Waals surface area contributed by atoms with Gasteiger partial charge in [-0.2, -0.15) is 8.42 Å². The molecule has 0 aliphatic carbocycles. The highest BCUT2D eigenvalue weighted by Crippen LogP contribution is 2.49. The number of para-hydroxylation sites is 2. The molecule has 1 atom stereocenters. The average molecular weight is 731 g/mol. The SMILES string of the molecule is Cc1ccc(S(=O)(=O)N(CCCC(=O)O)C(=O)C2(NCCCC[C@H](N)C(=O)O)c3ccccc3N(CCCS(=O)(=O)O)c3ccccc32)cc1. The molecule has 1 aliphatic rings. The molecule has 270 valence electrons. The van der Waals surface area contributed by atoms with E-state index < -0.39 is 68.3 Å². The number of carboxylic acid groups (broad SMARTS) is 2. The molecule has 6 N–H and O–H groups in total. The summed E-state index contributed by atoms with van der Waals surface area (Å²) in [5, 5.41) is 22.0. The second kappa shape index (κ2) is 16.1. The fraction of sp³-hybridized carbons (Fsp3) is 0.382. The number of sulfonamides is 1. The molecule has 16 heteroatoms. The van der Waals surface area contributed by atoms with Gasteiger partial charge >= 0.3 is 11.9 Å². The number of hydrogen-bond acceptors (Lipinski definition) is 10. The van der Waals surface area contributed by atoms with Gasteiger partial charge in [-0.1, -0.05) is 60.5 Å². The predicted octanol–water partition coefficient (Wildman–Crippen LogP) is 3.22. The van der Waals surface area contributed by atoms with E-state index in [9.17, 15) is 41.2 Å². The molecule has 0 saturated carbocycles. The van der Waals surface area contributed by atoms with Gasteiger partial charge in [0.2, 0.25) is 0 Å². The topological polar surface area (TPSA) is 225 Å². The average Bonchev–Trinajstić information content (AvgIpc) is 3.06. The number of amides is 1. The van der Waals surface area contributed by atoms with Crippen LogP contribution in [-0.2, 0) is 40.1 Å². The monoisotopic (exact) mass is 730 g/mol. The molecule has 3 aromatic rings. The molecule has 14 nitrogen and oxygen atoms in total. The maximum absolute atomic E-state index is 15.3. The quantitative estimate of drug-likeness (QED) is 0.0938. The molecule has 0 unspecified atom stereocenters. The number of nitrogens with two attached hydrogens (primary N) is 1. The third kappa shape index (κ3) is 8.68. The van der Waals surface area contributed by atoms with E-state index in [1.807, 2.05) is 0 Å². The van der Waals surface area contributed by atoms with Gasteiger partial charge in [-0.15, -0.1) is 0 Å². The summed E-state index contributed by atoms with van der Waals surface area (Å²) < 4.78 is 62.0. The highest BCUT2D eigenvalue weighted by molar-refractivity contribution is 7.89. The third-order valence-corrected chi connectivity index (χ3v) is 11.1. The van der Waals surface area contributed by atoms with Crippen LogP contribution in [-0.4, -0.2) is 85.2 Å². The number of rotatable bonds is 18. The Labute approximate surface area is 291 Å². The molecule has 0 saturated heterocycles. The Morgan fingerprint density at radius 1 is 0.860 bits per heavy atom. The molecule has 1 aliphatic heterocycles. The van der Waals surface area contributed by atoms with E-state index >= 15 is 4.79 Å². The number of carbonyl (C=O) groups is 3. The lowest BCUT2D eigenvalue weighted by Gasteiger charge is -2.46. The molecule has 50 heavy (non-hydrogen) atoms. The minimum Gasteiger partial charge on any atom is -0.481 e. The summed E-state index contributed by atoms with van der Waals surface area (Å²) >= 11 is 0. The van der Waals surface area contributed by atoms with Crippen LogP contribution in [0.3, 0.4) is 0 Å². The van der Waals surface area contributed by atoms with Gasteiger partial charge in [-0.25, -0.2) is 12.7 Å². The van der Waals surface area contributed by atoms with Crippen LogP contribution in [0.5, 0.6) is 0 Å². The number of hydrogen-bond donors (Lipinski definition) is 5. The first-order valence-electron chi connectivity index (χ1n) is 16.1.